The number of aliphatic hydroxyl groups is 1. The summed E-state index contributed by atoms with van der Waals surface area (Å²) in [5.74, 6) is 0.745. The number of benzene rings is 2. The lowest BCUT2D eigenvalue weighted by Gasteiger charge is -2.15. The molecule has 0 amide bonds. The Balaban J connectivity index is 1.90. The Hall–Kier alpha value is -2.43. The Kier molecular flexibility index (Phi) is 5.41. The second-order valence-electron chi connectivity index (χ2n) is 5.66. The van der Waals surface area contributed by atoms with Crippen LogP contribution in [0.1, 0.15) is 6.92 Å². The molecule has 0 spiro atoms. The normalized spacial score (nSPS) is 12.2. The summed E-state index contributed by atoms with van der Waals surface area (Å²) in [6.07, 6.45) is -0.544. The van der Waals surface area contributed by atoms with Crippen molar-refractivity contribution in [1.29, 1.82) is 0 Å². The number of aliphatic hydroxyl groups excluding tert-OH is 1. The van der Waals surface area contributed by atoms with Crippen LogP contribution in [-0.2, 0) is 0 Å². The standard InChI is InChI=1S/C20H22N2O2/c1-2-21-13-16(23)14-24-20-12-19(15-8-4-3-5-9-15)22-18-11-7-6-10-17(18)20/h3-12,16,21,23H,2,13-14H2,1H3. The summed E-state index contributed by atoms with van der Waals surface area (Å²) in [5.41, 5.74) is 2.79. The fourth-order valence-electron chi connectivity index (χ4n) is 2.58. The first-order chi connectivity index (χ1) is 11.8. The number of likely N-dealkylation sites (N-methyl/N-ethyl adjacent to an activating group) is 1. The molecule has 1 aromatic heterocycles. The molecule has 0 fully saturated rings. The predicted molar refractivity (Wildman–Crippen MR) is 97.2 cm³/mol. The minimum absolute atomic E-state index is 0.245. The molecule has 2 N–H and O–H groups in total. The minimum atomic E-state index is -0.544. The summed E-state index contributed by atoms with van der Waals surface area (Å²) in [6.45, 7) is 3.60. The molecule has 3 aromatic rings. The fourth-order valence-corrected chi connectivity index (χ4v) is 2.58. The zero-order chi connectivity index (χ0) is 16.8. The Bertz CT molecular complexity index is 790. The van der Waals surface area contributed by atoms with Crippen LogP contribution < -0.4 is 10.1 Å². The topological polar surface area (TPSA) is 54.4 Å². The molecular weight excluding hydrogens is 300 g/mol. The summed E-state index contributed by atoms with van der Waals surface area (Å²) < 4.78 is 5.91. The average molecular weight is 322 g/mol. The smallest absolute Gasteiger partial charge is 0.131 e. The number of aromatic nitrogens is 1. The first-order valence-electron chi connectivity index (χ1n) is 8.24. The molecular formula is C20H22N2O2. The molecule has 0 bridgehead atoms. The first-order valence-corrected chi connectivity index (χ1v) is 8.24. The summed E-state index contributed by atoms with van der Waals surface area (Å²) >= 11 is 0. The molecule has 0 saturated heterocycles. The SMILES string of the molecule is CCNCC(O)COc1cc(-c2ccccc2)nc2ccccc12. The zero-order valence-corrected chi connectivity index (χ0v) is 13.8. The van der Waals surface area contributed by atoms with Crippen molar-refractivity contribution >= 4 is 10.9 Å². The van der Waals surface area contributed by atoms with E-state index in [1.54, 1.807) is 0 Å². The van der Waals surface area contributed by atoms with Crippen molar-refractivity contribution in [1.82, 2.24) is 10.3 Å². The number of fused-ring (bicyclic) bond motifs is 1. The summed E-state index contributed by atoms with van der Waals surface area (Å²) in [5, 5.41) is 14.1. The molecule has 4 nitrogen and oxygen atoms in total. The summed E-state index contributed by atoms with van der Waals surface area (Å²) in [6, 6.07) is 19.9. The van der Waals surface area contributed by atoms with Crippen molar-refractivity contribution in [3.8, 4) is 17.0 Å². The highest BCUT2D eigenvalue weighted by Crippen LogP contribution is 2.30. The number of ether oxygens (including phenoxy) is 1. The Morgan fingerprint density at radius 3 is 2.62 bits per heavy atom. The van der Waals surface area contributed by atoms with Gasteiger partial charge >= 0.3 is 0 Å². The van der Waals surface area contributed by atoms with Crippen LogP contribution in [0.2, 0.25) is 0 Å². The molecule has 1 unspecified atom stereocenters. The molecule has 0 aliphatic rings. The monoisotopic (exact) mass is 322 g/mol. The van der Waals surface area contributed by atoms with E-state index in [9.17, 15) is 5.11 Å². The van der Waals surface area contributed by atoms with Crippen molar-refractivity contribution in [3.63, 3.8) is 0 Å². The Morgan fingerprint density at radius 1 is 1.08 bits per heavy atom. The lowest BCUT2D eigenvalue weighted by atomic mass is 10.1. The molecule has 0 aliphatic heterocycles. The molecule has 4 heteroatoms. The van der Waals surface area contributed by atoms with E-state index < -0.39 is 6.10 Å². The van der Waals surface area contributed by atoms with E-state index in [2.05, 4.69) is 5.32 Å². The lowest BCUT2D eigenvalue weighted by Crippen LogP contribution is -2.31. The molecule has 24 heavy (non-hydrogen) atoms. The van der Waals surface area contributed by atoms with Crippen molar-refractivity contribution in [2.75, 3.05) is 19.7 Å². The van der Waals surface area contributed by atoms with Gasteiger partial charge in [0.2, 0.25) is 0 Å². The molecule has 0 radical (unpaired) electrons. The molecule has 124 valence electrons. The minimum Gasteiger partial charge on any atom is -0.490 e. The number of pyridine rings is 1. The van der Waals surface area contributed by atoms with Crippen LogP contribution in [0.5, 0.6) is 5.75 Å². The van der Waals surface area contributed by atoms with Crippen LogP contribution >= 0.6 is 0 Å². The van der Waals surface area contributed by atoms with Gasteiger partial charge in [0.05, 0.1) is 11.2 Å². The fraction of sp³-hybridized carbons (Fsp3) is 0.250. The van der Waals surface area contributed by atoms with Crippen LogP contribution in [0.25, 0.3) is 22.2 Å². The number of nitrogens with one attached hydrogen (secondary N) is 1. The van der Waals surface area contributed by atoms with E-state index in [1.807, 2.05) is 67.6 Å². The maximum atomic E-state index is 10.00. The van der Waals surface area contributed by atoms with Crippen LogP contribution in [0.4, 0.5) is 0 Å². The van der Waals surface area contributed by atoms with Gasteiger partial charge in [-0.1, -0.05) is 49.4 Å². The van der Waals surface area contributed by atoms with Gasteiger partial charge in [-0.3, -0.25) is 0 Å². The van der Waals surface area contributed by atoms with E-state index in [1.165, 1.54) is 0 Å². The van der Waals surface area contributed by atoms with Crippen LogP contribution in [0, 0.1) is 0 Å². The van der Waals surface area contributed by atoms with Gasteiger partial charge in [0.25, 0.3) is 0 Å². The third-order valence-electron chi connectivity index (χ3n) is 3.81. The number of hydrogen-bond donors (Lipinski definition) is 2. The highest BCUT2D eigenvalue weighted by Gasteiger charge is 2.10. The van der Waals surface area contributed by atoms with Gasteiger partial charge in [-0.2, -0.15) is 0 Å². The van der Waals surface area contributed by atoms with Crippen LogP contribution in [0.15, 0.2) is 60.7 Å². The summed E-state index contributed by atoms with van der Waals surface area (Å²) in [4.78, 5) is 4.73. The predicted octanol–water partition coefficient (Wildman–Crippen LogP) is 3.25. The highest BCUT2D eigenvalue weighted by atomic mass is 16.5. The van der Waals surface area contributed by atoms with Crippen LogP contribution in [0.3, 0.4) is 0 Å². The molecule has 1 heterocycles. The van der Waals surface area contributed by atoms with Gasteiger partial charge in [0, 0.05) is 23.6 Å². The van der Waals surface area contributed by atoms with Gasteiger partial charge in [0.1, 0.15) is 18.5 Å². The van der Waals surface area contributed by atoms with E-state index in [0.29, 0.717) is 6.54 Å². The number of hydrogen-bond acceptors (Lipinski definition) is 4. The van der Waals surface area contributed by atoms with Gasteiger partial charge in [-0.25, -0.2) is 4.98 Å². The Morgan fingerprint density at radius 2 is 1.83 bits per heavy atom. The second kappa shape index (κ2) is 7.90. The third kappa shape index (κ3) is 3.91. The number of para-hydroxylation sites is 1. The van der Waals surface area contributed by atoms with E-state index in [4.69, 9.17) is 9.72 Å². The lowest BCUT2D eigenvalue weighted by molar-refractivity contribution is 0.108. The van der Waals surface area contributed by atoms with Crippen LogP contribution in [-0.4, -0.2) is 35.9 Å². The average Bonchev–Trinajstić information content (AvgIpc) is 2.65. The van der Waals surface area contributed by atoms with Crippen molar-refractivity contribution in [2.45, 2.75) is 13.0 Å². The highest BCUT2D eigenvalue weighted by molar-refractivity contribution is 5.87. The van der Waals surface area contributed by atoms with Gasteiger partial charge < -0.3 is 15.2 Å². The Labute approximate surface area is 142 Å². The van der Waals surface area contributed by atoms with E-state index >= 15 is 0 Å². The maximum absolute atomic E-state index is 10.00. The quantitative estimate of drug-likeness (QED) is 0.701. The van der Waals surface area contributed by atoms with Crippen molar-refractivity contribution in [3.05, 3.63) is 60.7 Å². The van der Waals surface area contributed by atoms with E-state index in [-0.39, 0.29) is 6.61 Å². The zero-order valence-electron chi connectivity index (χ0n) is 13.8. The molecule has 0 saturated carbocycles. The van der Waals surface area contributed by atoms with Crippen molar-refractivity contribution < 1.29 is 9.84 Å². The molecule has 2 aromatic carbocycles. The third-order valence-corrected chi connectivity index (χ3v) is 3.81. The largest absolute Gasteiger partial charge is 0.490 e. The first kappa shape index (κ1) is 16.4. The van der Waals surface area contributed by atoms with Gasteiger partial charge in [0.15, 0.2) is 0 Å². The maximum Gasteiger partial charge on any atom is 0.131 e. The second-order valence-corrected chi connectivity index (χ2v) is 5.66. The molecule has 3 rings (SSSR count). The summed E-state index contributed by atoms with van der Waals surface area (Å²) in [7, 11) is 0. The van der Waals surface area contributed by atoms with E-state index in [0.717, 1.165) is 34.5 Å². The van der Waals surface area contributed by atoms with Gasteiger partial charge in [-0.05, 0) is 18.7 Å². The number of rotatable bonds is 7. The number of nitrogens with zero attached hydrogens (tertiary/aromatic N) is 1. The molecule has 0 aliphatic carbocycles. The van der Waals surface area contributed by atoms with Gasteiger partial charge in [-0.15, -0.1) is 0 Å². The van der Waals surface area contributed by atoms with Crippen molar-refractivity contribution in [2.24, 2.45) is 0 Å². The molecule has 1 atom stereocenters.